The third-order valence-electron chi connectivity index (χ3n) is 2.11. The summed E-state index contributed by atoms with van der Waals surface area (Å²) in [6.07, 6.45) is 1.63. The van der Waals surface area contributed by atoms with E-state index in [2.05, 4.69) is 26.2 Å². The van der Waals surface area contributed by atoms with Crippen LogP contribution in [0.25, 0.3) is 0 Å². The lowest BCUT2D eigenvalue weighted by molar-refractivity contribution is -0.145. The van der Waals surface area contributed by atoms with Crippen LogP contribution in [0.3, 0.4) is 0 Å². The van der Waals surface area contributed by atoms with Crippen LogP contribution in [0, 0.1) is 0 Å². The second-order valence-electron chi connectivity index (χ2n) is 4.12. The molecule has 17 heavy (non-hydrogen) atoms. The average Bonchev–Trinajstić information content (AvgIpc) is 2.15. The zero-order chi connectivity index (χ0) is 13.1. The number of aromatic nitrogens is 1. The first-order valence-electron chi connectivity index (χ1n) is 4.96. The molecular formula is C11H13BrN2O3. The fourth-order valence-corrected chi connectivity index (χ4v) is 1.54. The number of carboxylic acids is 1. The maximum absolute atomic E-state index is 11.6. The fraction of sp³-hybridized carbons (Fsp3) is 0.364. The summed E-state index contributed by atoms with van der Waals surface area (Å²) in [6.45, 7) is 2.86. The molecule has 0 saturated heterocycles. The summed E-state index contributed by atoms with van der Waals surface area (Å²) in [4.78, 5) is 26.5. The molecule has 0 aliphatic heterocycles. The molecule has 0 saturated carbocycles. The monoisotopic (exact) mass is 300 g/mol. The minimum absolute atomic E-state index is 0.0517. The zero-order valence-electron chi connectivity index (χ0n) is 9.53. The number of rotatable bonds is 4. The molecule has 92 valence electrons. The highest BCUT2D eigenvalue weighted by Gasteiger charge is 2.28. The quantitative estimate of drug-likeness (QED) is 0.880. The number of hydrogen-bond acceptors (Lipinski definition) is 3. The number of carboxylic acid groups (broad SMARTS) is 1. The normalized spacial score (nSPS) is 11.0. The first kappa shape index (κ1) is 13.6. The molecule has 1 heterocycles. The van der Waals surface area contributed by atoms with E-state index >= 15 is 0 Å². The van der Waals surface area contributed by atoms with Crippen molar-refractivity contribution in [1.29, 1.82) is 0 Å². The average molecular weight is 301 g/mol. The van der Waals surface area contributed by atoms with E-state index in [1.165, 1.54) is 13.8 Å². The molecule has 2 N–H and O–H groups in total. The first-order chi connectivity index (χ1) is 7.81. The number of carbonyl (C=O) groups excluding carboxylic acids is 1. The van der Waals surface area contributed by atoms with Crippen LogP contribution in [0.5, 0.6) is 0 Å². The van der Waals surface area contributed by atoms with Gasteiger partial charge in [0.25, 0.3) is 0 Å². The Hall–Kier alpha value is -1.43. The summed E-state index contributed by atoms with van der Waals surface area (Å²) >= 11 is 3.27. The summed E-state index contributed by atoms with van der Waals surface area (Å²) in [5, 5.41) is 11.3. The van der Waals surface area contributed by atoms with E-state index in [1.807, 2.05) is 0 Å². The number of hydrogen-bond donors (Lipinski definition) is 2. The van der Waals surface area contributed by atoms with E-state index < -0.39 is 11.5 Å². The maximum Gasteiger partial charge on any atom is 0.328 e. The minimum Gasteiger partial charge on any atom is -0.480 e. The summed E-state index contributed by atoms with van der Waals surface area (Å²) in [6, 6.07) is 3.47. The standard InChI is InChI=1S/C11H13BrN2O3/c1-11(2,10(16)17)14-9(15)6-8-5-7(12)3-4-13-8/h3-5H,6H2,1-2H3,(H,14,15)(H,16,17). The zero-order valence-corrected chi connectivity index (χ0v) is 11.1. The van der Waals surface area contributed by atoms with E-state index in [0.717, 1.165) is 4.47 Å². The van der Waals surface area contributed by atoms with Crippen LogP contribution < -0.4 is 5.32 Å². The van der Waals surface area contributed by atoms with Gasteiger partial charge in [-0.2, -0.15) is 0 Å². The second-order valence-corrected chi connectivity index (χ2v) is 5.04. The van der Waals surface area contributed by atoms with Gasteiger partial charge in [-0.1, -0.05) is 15.9 Å². The van der Waals surface area contributed by atoms with Gasteiger partial charge in [0.15, 0.2) is 0 Å². The lowest BCUT2D eigenvalue weighted by atomic mass is 10.1. The Morgan fingerprint density at radius 2 is 2.18 bits per heavy atom. The van der Waals surface area contributed by atoms with Crippen molar-refractivity contribution in [3.8, 4) is 0 Å². The van der Waals surface area contributed by atoms with Crippen molar-refractivity contribution in [3.05, 3.63) is 28.5 Å². The molecule has 0 unspecified atom stereocenters. The third kappa shape index (κ3) is 4.14. The van der Waals surface area contributed by atoms with E-state index in [1.54, 1.807) is 18.3 Å². The van der Waals surface area contributed by atoms with Crippen LogP contribution in [-0.2, 0) is 16.0 Å². The highest BCUT2D eigenvalue weighted by Crippen LogP contribution is 2.10. The van der Waals surface area contributed by atoms with Gasteiger partial charge in [0, 0.05) is 10.7 Å². The Labute approximate surface area is 107 Å². The molecule has 0 atom stereocenters. The smallest absolute Gasteiger partial charge is 0.328 e. The van der Waals surface area contributed by atoms with Crippen molar-refractivity contribution in [1.82, 2.24) is 10.3 Å². The van der Waals surface area contributed by atoms with Gasteiger partial charge < -0.3 is 10.4 Å². The van der Waals surface area contributed by atoms with Gasteiger partial charge in [-0.25, -0.2) is 4.79 Å². The topological polar surface area (TPSA) is 79.3 Å². The third-order valence-corrected chi connectivity index (χ3v) is 2.60. The molecule has 1 amide bonds. The van der Waals surface area contributed by atoms with Crippen LogP contribution in [-0.4, -0.2) is 27.5 Å². The lowest BCUT2D eigenvalue weighted by Gasteiger charge is -2.20. The van der Waals surface area contributed by atoms with Gasteiger partial charge in [0.05, 0.1) is 12.1 Å². The van der Waals surface area contributed by atoms with Crippen molar-refractivity contribution in [2.75, 3.05) is 0 Å². The molecule has 6 heteroatoms. The summed E-state index contributed by atoms with van der Waals surface area (Å²) in [5.74, 6) is -1.45. The Morgan fingerprint density at radius 3 is 2.71 bits per heavy atom. The number of nitrogens with zero attached hydrogens (tertiary/aromatic N) is 1. The molecule has 1 aromatic heterocycles. The van der Waals surface area contributed by atoms with E-state index in [0.29, 0.717) is 5.69 Å². The van der Waals surface area contributed by atoms with Crippen LogP contribution in [0.4, 0.5) is 0 Å². The maximum atomic E-state index is 11.6. The molecule has 1 rings (SSSR count). The van der Waals surface area contributed by atoms with Crippen molar-refractivity contribution >= 4 is 27.8 Å². The Morgan fingerprint density at radius 1 is 1.53 bits per heavy atom. The van der Waals surface area contributed by atoms with Crippen LogP contribution in [0.1, 0.15) is 19.5 Å². The Bertz CT molecular complexity index is 446. The van der Waals surface area contributed by atoms with Gasteiger partial charge in [0.1, 0.15) is 5.54 Å². The Balaban J connectivity index is 2.65. The predicted molar refractivity (Wildman–Crippen MR) is 65.5 cm³/mol. The molecule has 0 spiro atoms. The van der Waals surface area contributed by atoms with Gasteiger partial charge in [-0.05, 0) is 26.0 Å². The molecule has 0 radical (unpaired) electrons. The summed E-state index contributed by atoms with van der Waals surface area (Å²) in [7, 11) is 0. The van der Waals surface area contributed by atoms with Crippen LogP contribution >= 0.6 is 15.9 Å². The van der Waals surface area contributed by atoms with E-state index in [-0.39, 0.29) is 12.3 Å². The largest absolute Gasteiger partial charge is 0.480 e. The first-order valence-corrected chi connectivity index (χ1v) is 5.75. The van der Waals surface area contributed by atoms with Crippen LogP contribution in [0.2, 0.25) is 0 Å². The second kappa shape index (κ2) is 5.27. The van der Waals surface area contributed by atoms with Gasteiger partial charge in [-0.15, -0.1) is 0 Å². The summed E-state index contributed by atoms with van der Waals surface area (Å²) in [5.41, 5.74) is -0.693. The van der Waals surface area contributed by atoms with Crippen molar-refractivity contribution in [3.63, 3.8) is 0 Å². The number of amides is 1. The van der Waals surface area contributed by atoms with Gasteiger partial charge >= 0.3 is 5.97 Å². The molecule has 5 nitrogen and oxygen atoms in total. The van der Waals surface area contributed by atoms with Crippen molar-refractivity contribution in [2.45, 2.75) is 25.8 Å². The molecular weight excluding hydrogens is 288 g/mol. The number of nitrogens with one attached hydrogen (secondary N) is 1. The molecule has 0 aliphatic rings. The number of pyridine rings is 1. The molecule has 1 aromatic rings. The highest BCUT2D eigenvalue weighted by atomic mass is 79.9. The minimum atomic E-state index is -1.27. The fourth-order valence-electron chi connectivity index (χ4n) is 1.16. The lowest BCUT2D eigenvalue weighted by Crippen LogP contribution is -2.50. The number of carbonyl (C=O) groups is 2. The molecule has 0 fully saturated rings. The highest BCUT2D eigenvalue weighted by molar-refractivity contribution is 9.10. The summed E-state index contributed by atoms with van der Waals surface area (Å²) < 4.78 is 0.827. The number of aliphatic carboxylic acids is 1. The predicted octanol–water partition coefficient (Wildman–Crippen LogP) is 1.37. The van der Waals surface area contributed by atoms with E-state index in [9.17, 15) is 9.59 Å². The van der Waals surface area contributed by atoms with Crippen molar-refractivity contribution in [2.24, 2.45) is 0 Å². The van der Waals surface area contributed by atoms with E-state index in [4.69, 9.17) is 5.11 Å². The Kier molecular flexibility index (Phi) is 4.22. The molecule has 0 aromatic carbocycles. The van der Waals surface area contributed by atoms with Crippen LogP contribution in [0.15, 0.2) is 22.8 Å². The van der Waals surface area contributed by atoms with Gasteiger partial charge in [0.2, 0.25) is 5.91 Å². The molecule has 0 bridgehead atoms. The molecule has 0 aliphatic carbocycles. The van der Waals surface area contributed by atoms with Gasteiger partial charge in [-0.3, -0.25) is 9.78 Å². The number of halogens is 1. The van der Waals surface area contributed by atoms with Crippen molar-refractivity contribution < 1.29 is 14.7 Å². The SMILES string of the molecule is CC(C)(NC(=O)Cc1cc(Br)ccn1)C(=O)O.